The van der Waals surface area contributed by atoms with Crippen LogP contribution in [0.25, 0.3) is 0 Å². The maximum Gasteiger partial charge on any atom is 0.253 e. The molecule has 0 radical (unpaired) electrons. The maximum atomic E-state index is 12.8. The number of anilines is 1. The highest BCUT2D eigenvalue weighted by molar-refractivity contribution is 5.95. The van der Waals surface area contributed by atoms with E-state index < -0.39 is 0 Å². The number of rotatable bonds is 7. The van der Waals surface area contributed by atoms with Gasteiger partial charge >= 0.3 is 0 Å². The van der Waals surface area contributed by atoms with Crippen LogP contribution in [0.4, 0.5) is 5.82 Å². The predicted octanol–water partition coefficient (Wildman–Crippen LogP) is 3.72. The van der Waals surface area contributed by atoms with Gasteiger partial charge < -0.3 is 10.2 Å². The Kier molecular flexibility index (Phi) is 7.57. The Hall–Kier alpha value is -2.73. The summed E-state index contributed by atoms with van der Waals surface area (Å²) < 4.78 is 0. The van der Waals surface area contributed by atoms with Gasteiger partial charge in [0, 0.05) is 37.3 Å². The number of benzene rings is 1. The Morgan fingerprint density at radius 2 is 1.73 bits per heavy atom. The van der Waals surface area contributed by atoms with Crippen LogP contribution in [0.15, 0.2) is 42.6 Å². The van der Waals surface area contributed by atoms with Crippen molar-refractivity contribution in [1.29, 1.82) is 0 Å². The lowest BCUT2D eigenvalue weighted by Crippen LogP contribution is -2.41. The highest BCUT2D eigenvalue weighted by atomic mass is 16.2. The van der Waals surface area contributed by atoms with Crippen molar-refractivity contribution >= 4 is 17.6 Å². The third-order valence-corrected chi connectivity index (χ3v) is 5.82. The van der Waals surface area contributed by atoms with Gasteiger partial charge in [0.25, 0.3) is 5.91 Å². The first kappa shape index (κ1) is 22.0. The molecule has 1 aliphatic rings. The van der Waals surface area contributed by atoms with Gasteiger partial charge in [-0.25, -0.2) is 4.98 Å². The average Bonchev–Trinajstić information content (AvgIpc) is 2.79. The number of amides is 2. The Bertz CT molecular complexity index is 837. The first-order valence-corrected chi connectivity index (χ1v) is 10.8. The zero-order valence-electron chi connectivity index (χ0n) is 18.2. The minimum atomic E-state index is -0.0893. The molecular formula is C24H32N4O2. The van der Waals surface area contributed by atoms with Gasteiger partial charge in [0.05, 0.1) is 0 Å². The van der Waals surface area contributed by atoms with E-state index in [4.69, 9.17) is 0 Å². The van der Waals surface area contributed by atoms with Crippen LogP contribution in [-0.2, 0) is 11.3 Å². The van der Waals surface area contributed by atoms with E-state index in [0.29, 0.717) is 37.3 Å². The zero-order chi connectivity index (χ0) is 21.5. The molecule has 2 heterocycles. The van der Waals surface area contributed by atoms with Crippen molar-refractivity contribution in [2.75, 3.05) is 31.5 Å². The van der Waals surface area contributed by atoms with Crippen molar-refractivity contribution in [3.05, 3.63) is 59.3 Å². The average molecular weight is 409 g/mol. The van der Waals surface area contributed by atoms with Crippen LogP contribution < -0.4 is 5.32 Å². The van der Waals surface area contributed by atoms with Gasteiger partial charge in [0.1, 0.15) is 5.82 Å². The molecule has 2 amide bonds. The first-order chi connectivity index (χ1) is 14.5. The number of nitrogens with one attached hydrogen (secondary N) is 1. The molecule has 1 aromatic heterocycles. The molecule has 6 nitrogen and oxygen atoms in total. The number of hydrogen-bond acceptors (Lipinski definition) is 4. The standard InChI is InChI=1S/C24H32N4O2/c1-4-27(5-2)17-19-7-9-21(10-8-19)24(30)28-14-12-20(13-15-28)23(29)26-22-11-6-18(3)16-25-22/h6-11,16,20H,4-5,12-15,17H2,1-3H3,(H,25,26,29). The number of nitrogens with zero attached hydrogens (tertiary/aromatic N) is 3. The molecule has 30 heavy (non-hydrogen) atoms. The van der Waals surface area contributed by atoms with E-state index >= 15 is 0 Å². The van der Waals surface area contributed by atoms with Gasteiger partial charge in [0.15, 0.2) is 0 Å². The van der Waals surface area contributed by atoms with Crippen LogP contribution in [0.2, 0.25) is 0 Å². The van der Waals surface area contributed by atoms with Crippen LogP contribution in [0.3, 0.4) is 0 Å². The summed E-state index contributed by atoms with van der Waals surface area (Å²) in [5.41, 5.74) is 2.99. The Balaban J connectivity index is 1.51. The maximum absolute atomic E-state index is 12.8. The molecule has 1 fully saturated rings. The van der Waals surface area contributed by atoms with Gasteiger partial charge in [-0.1, -0.05) is 32.0 Å². The molecule has 0 atom stereocenters. The molecule has 1 aliphatic heterocycles. The fourth-order valence-electron chi connectivity index (χ4n) is 3.76. The number of likely N-dealkylation sites (tertiary alicyclic amines) is 1. The van der Waals surface area contributed by atoms with Crippen molar-refractivity contribution in [2.45, 2.75) is 40.2 Å². The summed E-state index contributed by atoms with van der Waals surface area (Å²) in [5.74, 6) is 0.519. The van der Waals surface area contributed by atoms with Crippen molar-refractivity contribution in [3.8, 4) is 0 Å². The molecule has 2 aromatic rings. The number of aryl methyl sites for hydroxylation is 1. The monoisotopic (exact) mass is 408 g/mol. The molecule has 1 N–H and O–H groups in total. The quantitative estimate of drug-likeness (QED) is 0.758. The second-order valence-electron chi connectivity index (χ2n) is 7.93. The van der Waals surface area contributed by atoms with Crippen LogP contribution in [0.5, 0.6) is 0 Å². The number of carbonyl (C=O) groups excluding carboxylic acids is 2. The smallest absolute Gasteiger partial charge is 0.253 e. The summed E-state index contributed by atoms with van der Waals surface area (Å²) in [6.45, 7) is 10.4. The van der Waals surface area contributed by atoms with Gasteiger partial charge in [-0.05, 0) is 62.2 Å². The molecule has 1 saturated heterocycles. The lowest BCUT2D eigenvalue weighted by molar-refractivity contribution is -0.121. The summed E-state index contributed by atoms with van der Waals surface area (Å²) in [5, 5.41) is 2.89. The summed E-state index contributed by atoms with van der Waals surface area (Å²) >= 11 is 0. The third-order valence-electron chi connectivity index (χ3n) is 5.82. The summed E-state index contributed by atoms with van der Waals surface area (Å²) in [6.07, 6.45) is 3.08. The first-order valence-electron chi connectivity index (χ1n) is 10.8. The molecule has 0 bridgehead atoms. The largest absolute Gasteiger partial charge is 0.339 e. The van der Waals surface area contributed by atoms with Crippen LogP contribution in [0.1, 0.15) is 48.2 Å². The fourth-order valence-corrected chi connectivity index (χ4v) is 3.76. The Labute approximate surface area is 179 Å². The van der Waals surface area contributed by atoms with E-state index in [9.17, 15) is 9.59 Å². The highest BCUT2D eigenvalue weighted by Gasteiger charge is 2.28. The summed E-state index contributed by atoms with van der Waals surface area (Å²) in [4.78, 5) is 33.8. The van der Waals surface area contributed by atoms with Crippen LogP contribution in [0, 0.1) is 12.8 Å². The molecule has 1 aromatic carbocycles. The van der Waals surface area contributed by atoms with Gasteiger partial charge in [-0.3, -0.25) is 14.5 Å². The molecule has 0 aliphatic carbocycles. The van der Waals surface area contributed by atoms with Crippen LogP contribution >= 0.6 is 0 Å². The molecule has 0 unspecified atom stereocenters. The molecule has 6 heteroatoms. The minimum Gasteiger partial charge on any atom is -0.339 e. The normalized spacial score (nSPS) is 14.7. The lowest BCUT2D eigenvalue weighted by atomic mass is 9.95. The SMILES string of the molecule is CCN(CC)Cc1ccc(C(=O)N2CCC(C(=O)Nc3ccc(C)cn3)CC2)cc1. The van der Waals surface area contributed by atoms with Gasteiger partial charge in [-0.2, -0.15) is 0 Å². The number of pyridine rings is 1. The Morgan fingerprint density at radius 1 is 1.07 bits per heavy atom. The van der Waals surface area contributed by atoms with E-state index in [-0.39, 0.29) is 17.7 Å². The lowest BCUT2D eigenvalue weighted by Gasteiger charge is -2.31. The number of hydrogen-bond donors (Lipinski definition) is 1. The second-order valence-corrected chi connectivity index (χ2v) is 7.93. The zero-order valence-corrected chi connectivity index (χ0v) is 18.2. The fraction of sp³-hybridized carbons (Fsp3) is 0.458. The highest BCUT2D eigenvalue weighted by Crippen LogP contribution is 2.21. The van der Waals surface area contributed by atoms with E-state index in [1.54, 1.807) is 6.20 Å². The predicted molar refractivity (Wildman–Crippen MR) is 119 cm³/mol. The second kappa shape index (κ2) is 10.3. The van der Waals surface area contributed by atoms with E-state index in [1.807, 2.05) is 48.2 Å². The van der Waals surface area contributed by atoms with Crippen molar-refractivity contribution in [1.82, 2.24) is 14.8 Å². The molecule has 0 saturated carbocycles. The van der Waals surface area contributed by atoms with Crippen molar-refractivity contribution < 1.29 is 9.59 Å². The van der Waals surface area contributed by atoms with Gasteiger partial charge in [-0.15, -0.1) is 0 Å². The van der Waals surface area contributed by atoms with Crippen molar-refractivity contribution in [2.24, 2.45) is 5.92 Å². The van der Waals surface area contributed by atoms with E-state index in [2.05, 4.69) is 29.0 Å². The summed E-state index contributed by atoms with van der Waals surface area (Å²) in [6, 6.07) is 11.7. The number of piperidine rings is 1. The van der Waals surface area contributed by atoms with Crippen LogP contribution in [-0.4, -0.2) is 52.8 Å². The Morgan fingerprint density at radius 3 is 2.30 bits per heavy atom. The number of carbonyl (C=O) groups is 2. The number of aromatic nitrogens is 1. The third kappa shape index (κ3) is 5.66. The molecular weight excluding hydrogens is 376 g/mol. The van der Waals surface area contributed by atoms with E-state index in [0.717, 1.165) is 25.2 Å². The molecule has 0 spiro atoms. The molecule has 160 valence electrons. The molecule has 3 rings (SSSR count). The van der Waals surface area contributed by atoms with E-state index in [1.165, 1.54) is 5.56 Å². The van der Waals surface area contributed by atoms with Crippen molar-refractivity contribution in [3.63, 3.8) is 0 Å². The minimum absolute atomic E-state index is 0.0146. The summed E-state index contributed by atoms with van der Waals surface area (Å²) in [7, 11) is 0. The topological polar surface area (TPSA) is 65.5 Å². The van der Waals surface area contributed by atoms with Gasteiger partial charge in [0.2, 0.25) is 5.91 Å².